The third-order valence-corrected chi connectivity index (χ3v) is 0.990. The summed E-state index contributed by atoms with van der Waals surface area (Å²) in [6.45, 7) is 0. The van der Waals surface area contributed by atoms with E-state index in [1.165, 1.54) is 0 Å². The van der Waals surface area contributed by atoms with E-state index >= 15 is 0 Å². The molecule has 0 unspecified atom stereocenters. The Morgan fingerprint density at radius 3 is 1.36 bits per heavy atom. The topological polar surface area (TPSA) is 0 Å². The van der Waals surface area contributed by atoms with Crippen LogP contribution in [-0.2, 0) is 0 Å². The molecular weight excluding hydrogens is 167 g/mol. The monoisotopic (exact) mass is 167 g/mol. The highest BCUT2D eigenvalue weighted by molar-refractivity contribution is 5.11. The van der Waals surface area contributed by atoms with Crippen LogP contribution in [0.5, 0.6) is 0 Å². The number of hydrogen-bond acceptors (Lipinski definition) is 0. The normalized spacial score (nSPS) is 10.3. The van der Waals surface area contributed by atoms with Gasteiger partial charge in [-0.25, -0.2) is 22.0 Å². The Kier molecular flexibility index (Phi) is 1.80. The van der Waals surface area contributed by atoms with Crippen LogP contribution in [0.4, 0.5) is 22.0 Å². The average Bonchev–Trinajstić information content (AvgIpc) is 1.97. The summed E-state index contributed by atoms with van der Waals surface area (Å²) in [5.74, 6) is -10.0. The van der Waals surface area contributed by atoms with Crippen molar-refractivity contribution in [2.75, 3.05) is 0 Å². The molecule has 5 heteroatoms. The minimum Gasteiger partial charge on any atom is -0.203 e. The number of rotatable bonds is 0. The molecule has 0 heterocycles. The average molecular weight is 167 g/mol. The second kappa shape index (κ2) is 2.48. The summed E-state index contributed by atoms with van der Waals surface area (Å²) in [4.78, 5) is 0. The van der Waals surface area contributed by atoms with E-state index in [0.29, 0.717) is 0 Å². The van der Waals surface area contributed by atoms with E-state index in [1.807, 2.05) is 0 Å². The van der Waals surface area contributed by atoms with E-state index in [2.05, 4.69) is 0 Å². The van der Waals surface area contributed by atoms with E-state index in [1.54, 1.807) is 0 Å². The van der Waals surface area contributed by atoms with Crippen LogP contribution in [0, 0.1) is 35.2 Å². The number of benzene rings is 1. The standard InChI is InChI=1S/C6F5/c7-2-1-3(8)5(10)6(11)4(2)9. The molecule has 1 rings (SSSR count). The van der Waals surface area contributed by atoms with Gasteiger partial charge in [0.15, 0.2) is 23.3 Å². The molecule has 0 saturated heterocycles. The molecule has 11 heavy (non-hydrogen) atoms. The third kappa shape index (κ3) is 1.18. The summed E-state index contributed by atoms with van der Waals surface area (Å²) in [6.07, 6.45) is 0. The molecule has 0 nitrogen and oxygen atoms in total. The third-order valence-electron chi connectivity index (χ3n) is 0.990. The maximum Gasteiger partial charge on any atom is 0.200 e. The first kappa shape index (κ1) is 7.97. The summed E-state index contributed by atoms with van der Waals surface area (Å²) in [7, 11) is 0. The van der Waals surface area contributed by atoms with E-state index in [-0.39, 0.29) is 0 Å². The highest BCUT2D eigenvalue weighted by Crippen LogP contribution is 2.16. The molecule has 59 valence electrons. The van der Waals surface area contributed by atoms with Crippen molar-refractivity contribution in [3.8, 4) is 0 Å². The van der Waals surface area contributed by atoms with E-state index in [4.69, 9.17) is 0 Å². The van der Waals surface area contributed by atoms with Crippen molar-refractivity contribution in [1.82, 2.24) is 0 Å². The molecule has 0 amide bonds. The predicted octanol–water partition coefficient (Wildman–Crippen LogP) is 2.18. The minimum atomic E-state index is -2.17. The highest BCUT2D eigenvalue weighted by Gasteiger charge is 2.18. The molecule has 0 aromatic heterocycles. The zero-order chi connectivity index (χ0) is 8.59. The summed E-state index contributed by atoms with van der Waals surface area (Å²) >= 11 is 0. The van der Waals surface area contributed by atoms with Crippen LogP contribution in [0.2, 0.25) is 0 Å². The SMILES string of the molecule is Fc1[c]c(F)c(F)c(F)c1F. The van der Waals surface area contributed by atoms with Gasteiger partial charge < -0.3 is 0 Å². The first-order valence-corrected chi connectivity index (χ1v) is 2.44. The molecule has 0 fully saturated rings. The fourth-order valence-electron chi connectivity index (χ4n) is 0.495. The molecule has 1 aromatic carbocycles. The van der Waals surface area contributed by atoms with Gasteiger partial charge in [-0.1, -0.05) is 0 Å². The molecule has 0 atom stereocenters. The van der Waals surface area contributed by atoms with Crippen molar-refractivity contribution in [3.63, 3.8) is 0 Å². The van der Waals surface area contributed by atoms with Crippen molar-refractivity contribution in [2.24, 2.45) is 0 Å². The molecule has 0 spiro atoms. The van der Waals surface area contributed by atoms with Gasteiger partial charge in [0.2, 0.25) is 5.82 Å². The molecule has 1 aromatic rings. The zero-order valence-electron chi connectivity index (χ0n) is 4.89. The van der Waals surface area contributed by atoms with Crippen molar-refractivity contribution in [2.45, 2.75) is 0 Å². The maximum atomic E-state index is 12.0. The van der Waals surface area contributed by atoms with Gasteiger partial charge in [0, 0.05) is 0 Å². The molecule has 0 N–H and O–H groups in total. The molecule has 0 bridgehead atoms. The van der Waals surface area contributed by atoms with Gasteiger partial charge in [-0.2, -0.15) is 0 Å². The summed E-state index contributed by atoms with van der Waals surface area (Å²) in [5.41, 5.74) is 0. The van der Waals surface area contributed by atoms with Gasteiger partial charge >= 0.3 is 0 Å². The van der Waals surface area contributed by atoms with Crippen molar-refractivity contribution >= 4 is 0 Å². The van der Waals surface area contributed by atoms with E-state index in [0.717, 1.165) is 6.07 Å². The van der Waals surface area contributed by atoms with Gasteiger partial charge in [0.25, 0.3) is 0 Å². The van der Waals surface area contributed by atoms with Crippen LogP contribution in [0.15, 0.2) is 0 Å². The first-order chi connectivity index (χ1) is 5.04. The fraction of sp³-hybridized carbons (Fsp3) is 0. The van der Waals surface area contributed by atoms with Gasteiger partial charge in [-0.15, -0.1) is 0 Å². The number of hydrogen-bond donors (Lipinski definition) is 0. The Hall–Kier alpha value is -1.13. The lowest BCUT2D eigenvalue weighted by Crippen LogP contribution is -1.98. The Bertz CT molecular complexity index is 267. The minimum absolute atomic E-state index is 1.02. The lowest BCUT2D eigenvalue weighted by molar-refractivity contribution is 0.377. The Labute approximate surface area is 58.3 Å². The van der Waals surface area contributed by atoms with Crippen molar-refractivity contribution in [1.29, 1.82) is 0 Å². The maximum absolute atomic E-state index is 12.0. The van der Waals surface area contributed by atoms with Crippen LogP contribution < -0.4 is 0 Å². The van der Waals surface area contributed by atoms with Crippen molar-refractivity contribution in [3.05, 3.63) is 35.2 Å². The van der Waals surface area contributed by atoms with Crippen molar-refractivity contribution < 1.29 is 22.0 Å². The molecule has 0 aliphatic heterocycles. The van der Waals surface area contributed by atoms with Crippen LogP contribution >= 0.6 is 0 Å². The second-order valence-electron chi connectivity index (χ2n) is 1.69. The number of halogens is 5. The lowest BCUT2D eigenvalue weighted by atomic mass is 10.3. The Morgan fingerprint density at radius 2 is 1.00 bits per heavy atom. The van der Waals surface area contributed by atoms with Gasteiger partial charge in [-0.05, 0) is 0 Å². The summed E-state index contributed by atoms with van der Waals surface area (Å²) in [5, 5.41) is 0. The first-order valence-electron chi connectivity index (χ1n) is 2.44. The molecule has 0 saturated carbocycles. The Morgan fingerprint density at radius 1 is 0.636 bits per heavy atom. The van der Waals surface area contributed by atoms with E-state index in [9.17, 15) is 22.0 Å². The summed E-state index contributed by atoms with van der Waals surface area (Å²) in [6, 6.07) is 1.02. The molecule has 1 radical (unpaired) electrons. The lowest BCUT2D eigenvalue weighted by Gasteiger charge is -1.95. The highest BCUT2D eigenvalue weighted by atomic mass is 19.2. The molecular formula is C6F5. The van der Waals surface area contributed by atoms with Crippen LogP contribution in [0.3, 0.4) is 0 Å². The van der Waals surface area contributed by atoms with Crippen LogP contribution in [0.25, 0.3) is 0 Å². The smallest absolute Gasteiger partial charge is 0.200 e. The molecule has 0 aliphatic rings. The van der Waals surface area contributed by atoms with E-state index < -0.39 is 29.1 Å². The van der Waals surface area contributed by atoms with Gasteiger partial charge in [-0.3, -0.25) is 0 Å². The molecule has 0 aliphatic carbocycles. The largest absolute Gasteiger partial charge is 0.203 e. The predicted molar refractivity (Wildman–Crippen MR) is 25.1 cm³/mol. The quantitative estimate of drug-likeness (QED) is 0.315. The van der Waals surface area contributed by atoms with Crippen LogP contribution in [-0.4, -0.2) is 0 Å². The van der Waals surface area contributed by atoms with Gasteiger partial charge in [0.1, 0.15) is 0 Å². The van der Waals surface area contributed by atoms with Gasteiger partial charge in [0.05, 0.1) is 6.07 Å². The summed E-state index contributed by atoms with van der Waals surface area (Å²) < 4.78 is 59.9. The zero-order valence-corrected chi connectivity index (χ0v) is 4.89. The Balaban J connectivity index is 3.46. The second-order valence-corrected chi connectivity index (χ2v) is 1.69. The van der Waals surface area contributed by atoms with Crippen LogP contribution in [0.1, 0.15) is 0 Å². The fourth-order valence-corrected chi connectivity index (χ4v) is 0.495.